The van der Waals surface area contributed by atoms with E-state index in [4.69, 9.17) is 9.47 Å². The Kier molecular flexibility index (Phi) is 7.68. The van der Waals surface area contributed by atoms with Crippen molar-refractivity contribution >= 4 is 11.9 Å². The molecule has 0 unspecified atom stereocenters. The van der Waals surface area contributed by atoms with E-state index in [-0.39, 0.29) is 25.0 Å². The Hall–Kier alpha value is -2.82. The van der Waals surface area contributed by atoms with E-state index in [9.17, 15) is 9.59 Å². The van der Waals surface area contributed by atoms with Gasteiger partial charge in [0, 0.05) is 11.6 Å². The van der Waals surface area contributed by atoms with E-state index in [1.165, 1.54) is 5.56 Å². The van der Waals surface area contributed by atoms with Crippen LogP contribution in [-0.2, 0) is 27.2 Å². The fourth-order valence-electron chi connectivity index (χ4n) is 2.62. The minimum absolute atomic E-state index is 0.00984. The van der Waals surface area contributed by atoms with Crippen molar-refractivity contribution in [3.05, 3.63) is 65.7 Å². The molecule has 0 heterocycles. The van der Waals surface area contributed by atoms with Gasteiger partial charge in [0.2, 0.25) is 0 Å². The molecule has 2 aromatic rings. The molecule has 5 heteroatoms. The largest absolute Gasteiger partial charge is 0.496 e. The maximum absolute atomic E-state index is 11.9. The average Bonchev–Trinajstić information content (AvgIpc) is 2.66. The van der Waals surface area contributed by atoms with Crippen LogP contribution in [0.5, 0.6) is 5.75 Å². The highest BCUT2D eigenvalue weighted by atomic mass is 16.5. The molecule has 0 spiro atoms. The molecule has 1 N–H and O–H groups in total. The second kappa shape index (κ2) is 10.2. The molecule has 0 aliphatic rings. The van der Waals surface area contributed by atoms with Gasteiger partial charge in [0.15, 0.2) is 6.61 Å². The van der Waals surface area contributed by atoms with Gasteiger partial charge in [-0.25, -0.2) is 0 Å². The van der Waals surface area contributed by atoms with Crippen molar-refractivity contribution in [2.24, 2.45) is 0 Å². The van der Waals surface area contributed by atoms with E-state index >= 15 is 0 Å². The van der Waals surface area contributed by atoms with Crippen LogP contribution in [0.4, 0.5) is 0 Å². The number of esters is 1. The number of nitrogens with one attached hydrogen (secondary N) is 1. The number of amides is 1. The molecular weight excluding hydrogens is 330 g/mol. The minimum Gasteiger partial charge on any atom is -0.496 e. The molecule has 0 saturated heterocycles. The Balaban J connectivity index is 1.69. The summed E-state index contributed by atoms with van der Waals surface area (Å²) in [6.45, 7) is 1.67. The molecule has 0 saturated carbocycles. The van der Waals surface area contributed by atoms with E-state index in [2.05, 4.69) is 17.4 Å². The van der Waals surface area contributed by atoms with Crippen molar-refractivity contribution in [2.45, 2.75) is 32.2 Å². The summed E-state index contributed by atoms with van der Waals surface area (Å²) in [7, 11) is 1.55. The number of methoxy groups -OCH3 is 1. The predicted octanol–water partition coefficient (Wildman–Crippen LogP) is 2.92. The lowest BCUT2D eigenvalue weighted by Crippen LogP contribution is -2.36. The third-order valence-electron chi connectivity index (χ3n) is 4.01. The molecule has 1 atom stereocenters. The van der Waals surface area contributed by atoms with Crippen LogP contribution in [0.1, 0.15) is 24.5 Å². The van der Waals surface area contributed by atoms with E-state index in [0.717, 1.165) is 18.4 Å². The van der Waals surface area contributed by atoms with Gasteiger partial charge in [0.25, 0.3) is 5.91 Å². The Labute approximate surface area is 154 Å². The van der Waals surface area contributed by atoms with Crippen molar-refractivity contribution in [1.29, 1.82) is 0 Å². The second-order valence-electron chi connectivity index (χ2n) is 6.14. The quantitative estimate of drug-likeness (QED) is 0.703. The topological polar surface area (TPSA) is 64.6 Å². The number of ether oxygens (including phenoxy) is 2. The smallest absolute Gasteiger partial charge is 0.310 e. The lowest BCUT2D eigenvalue weighted by Gasteiger charge is -2.14. The fraction of sp³-hybridized carbons (Fsp3) is 0.333. The van der Waals surface area contributed by atoms with Crippen molar-refractivity contribution in [1.82, 2.24) is 5.32 Å². The Morgan fingerprint density at radius 1 is 1.04 bits per heavy atom. The molecule has 1 amide bonds. The number of carbonyl (C=O) groups excluding carboxylic acids is 2. The van der Waals surface area contributed by atoms with Gasteiger partial charge in [-0.15, -0.1) is 0 Å². The highest BCUT2D eigenvalue weighted by molar-refractivity contribution is 5.81. The zero-order valence-corrected chi connectivity index (χ0v) is 15.2. The standard InChI is InChI=1S/C21H25NO4/c1-16(12-13-17-8-4-3-5-9-17)22-20(23)15-26-21(24)14-18-10-6-7-11-19(18)25-2/h3-11,16H,12-15H2,1-2H3,(H,22,23)/t16-/m0/s1. The van der Waals surface area contributed by atoms with E-state index < -0.39 is 5.97 Å². The fourth-order valence-corrected chi connectivity index (χ4v) is 2.62. The summed E-state index contributed by atoms with van der Waals surface area (Å²) in [5.74, 6) is -0.121. The number of rotatable bonds is 9. The number of hydrogen-bond donors (Lipinski definition) is 1. The van der Waals surface area contributed by atoms with Crippen molar-refractivity contribution in [3.63, 3.8) is 0 Å². The van der Waals surface area contributed by atoms with Gasteiger partial charge in [0.1, 0.15) is 5.75 Å². The summed E-state index contributed by atoms with van der Waals surface area (Å²) in [6, 6.07) is 17.4. The summed E-state index contributed by atoms with van der Waals surface area (Å²) in [5, 5.41) is 2.85. The van der Waals surface area contributed by atoms with Gasteiger partial charge in [-0.2, -0.15) is 0 Å². The highest BCUT2D eigenvalue weighted by Crippen LogP contribution is 2.18. The zero-order valence-electron chi connectivity index (χ0n) is 15.2. The van der Waals surface area contributed by atoms with Crippen LogP contribution in [0.25, 0.3) is 0 Å². The summed E-state index contributed by atoms with van der Waals surface area (Å²) in [5.41, 5.74) is 1.97. The molecule has 2 aromatic carbocycles. The molecule has 0 radical (unpaired) electrons. The molecule has 26 heavy (non-hydrogen) atoms. The van der Waals surface area contributed by atoms with Gasteiger partial charge in [0.05, 0.1) is 13.5 Å². The number of para-hydroxylation sites is 1. The Morgan fingerprint density at radius 2 is 1.73 bits per heavy atom. The molecular formula is C21H25NO4. The zero-order chi connectivity index (χ0) is 18.8. The third kappa shape index (κ3) is 6.59. The summed E-state index contributed by atoms with van der Waals surface area (Å²) >= 11 is 0. The van der Waals surface area contributed by atoms with Gasteiger partial charge >= 0.3 is 5.97 Å². The van der Waals surface area contributed by atoms with Crippen LogP contribution in [0, 0.1) is 0 Å². The first-order valence-corrected chi connectivity index (χ1v) is 8.69. The van der Waals surface area contributed by atoms with Crippen LogP contribution >= 0.6 is 0 Å². The predicted molar refractivity (Wildman–Crippen MR) is 100 cm³/mol. The van der Waals surface area contributed by atoms with Crippen LogP contribution in [0.2, 0.25) is 0 Å². The Morgan fingerprint density at radius 3 is 2.46 bits per heavy atom. The normalized spacial score (nSPS) is 11.5. The maximum atomic E-state index is 11.9. The minimum atomic E-state index is -0.457. The number of benzene rings is 2. The highest BCUT2D eigenvalue weighted by Gasteiger charge is 2.13. The van der Waals surface area contributed by atoms with Crippen molar-refractivity contribution in [2.75, 3.05) is 13.7 Å². The molecule has 0 bridgehead atoms. The second-order valence-corrected chi connectivity index (χ2v) is 6.14. The third-order valence-corrected chi connectivity index (χ3v) is 4.01. The molecule has 2 rings (SSSR count). The summed E-state index contributed by atoms with van der Waals surface area (Å²) < 4.78 is 10.3. The number of hydrogen-bond acceptors (Lipinski definition) is 4. The van der Waals surface area contributed by atoms with E-state index in [0.29, 0.717) is 5.75 Å². The molecule has 0 aliphatic heterocycles. The first-order chi connectivity index (χ1) is 12.6. The molecule has 5 nitrogen and oxygen atoms in total. The SMILES string of the molecule is COc1ccccc1CC(=O)OCC(=O)N[C@@H](C)CCc1ccccc1. The van der Waals surface area contributed by atoms with Crippen LogP contribution in [-0.4, -0.2) is 31.6 Å². The number of carbonyl (C=O) groups is 2. The number of aryl methyl sites for hydroxylation is 1. The lowest BCUT2D eigenvalue weighted by molar-refractivity contribution is -0.148. The molecule has 0 aliphatic carbocycles. The van der Waals surface area contributed by atoms with Crippen molar-refractivity contribution in [3.8, 4) is 5.75 Å². The van der Waals surface area contributed by atoms with E-state index in [1.54, 1.807) is 19.2 Å². The van der Waals surface area contributed by atoms with Gasteiger partial charge in [-0.05, 0) is 31.4 Å². The lowest BCUT2D eigenvalue weighted by atomic mass is 10.1. The van der Waals surface area contributed by atoms with Crippen LogP contribution in [0.3, 0.4) is 0 Å². The Bertz CT molecular complexity index is 715. The first-order valence-electron chi connectivity index (χ1n) is 8.69. The van der Waals surface area contributed by atoms with Crippen LogP contribution < -0.4 is 10.1 Å². The van der Waals surface area contributed by atoms with E-state index in [1.807, 2.05) is 37.3 Å². The first kappa shape index (κ1) is 19.5. The summed E-state index contributed by atoms with van der Waals surface area (Å²) in [4.78, 5) is 23.9. The van der Waals surface area contributed by atoms with Gasteiger partial charge < -0.3 is 14.8 Å². The monoisotopic (exact) mass is 355 g/mol. The molecule has 0 fully saturated rings. The maximum Gasteiger partial charge on any atom is 0.310 e. The van der Waals surface area contributed by atoms with Gasteiger partial charge in [-0.3, -0.25) is 9.59 Å². The van der Waals surface area contributed by atoms with Crippen LogP contribution in [0.15, 0.2) is 54.6 Å². The van der Waals surface area contributed by atoms with Gasteiger partial charge in [-0.1, -0.05) is 48.5 Å². The summed E-state index contributed by atoms with van der Waals surface area (Å²) in [6.07, 6.45) is 1.78. The van der Waals surface area contributed by atoms with Crippen molar-refractivity contribution < 1.29 is 19.1 Å². The molecule has 0 aromatic heterocycles. The molecule has 138 valence electrons. The average molecular weight is 355 g/mol.